The minimum absolute atomic E-state index is 0.385. The molecule has 1 aliphatic heterocycles. The Morgan fingerprint density at radius 3 is 1.69 bits per heavy atom. The average molecular weight is 617 g/mol. The van der Waals surface area contributed by atoms with E-state index in [1.807, 2.05) is 2.89 Å². The Kier molecular flexibility index (Phi) is 8.84. The molecule has 32 heavy (non-hydrogen) atoms. The van der Waals surface area contributed by atoms with E-state index in [-0.39, 0.29) is 0 Å². The zero-order chi connectivity index (χ0) is 22.4. The fourth-order valence-corrected chi connectivity index (χ4v) is 27.3. The first-order valence-electron chi connectivity index (χ1n) is 12.5. The van der Waals surface area contributed by atoms with Gasteiger partial charge < -0.3 is 0 Å². The molecule has 4 rings (SSSR count). The van der Waals surface area contributed by atoms with Gasteiger partial charge in [-0.1, -0.05) is 0 Å². The van der Waals surface area contributed by atoms with Crippen LogP contribution < -0.4 is 16.7 Å². The third-order valence-electron chi connectivity index (χ3n) is 6.79. The standard InChI is InChI=1S/C16H10NSSe.3C4H9.Sn/c1-3-8-14-12(6-1)17(16-10-5-11-18-16)13-7-2-4-9-15(13)19-14;3*1-3-4-2;/h1-10H;3*1,3-4H2,2H3;. The summed E-state index contributed by atoms with van der Waals surface area (Å²) in [6.07, 6.45) is 8.29. The van der Waals surface area contributed by atoms with Gasteiger partial charge in [0.05, 0.1) is 0 Å². The third-order valence-corrected chi connectivity index (χ3v) is 28.5. The third kappa shape index (κ3) is 5.16. The molecule has 0 saturated carbocycles. The van der Waals surface area contributed by atoms with Crippen LogP contribution in [-0.2, 0) is 0 Å². The fraction of sp³-hybridized carbons (Fsp3) is 0.429. The maximum atomic E-state index is 2.57. The molecule has 4 heteroatoms. The molecule has 0 N–H and O–H groups in total. The topological polar surface area (TPSA) is 3.24 Å². The van der Waals surface area contributed by atoms with Gasteiger partial charge in [-0.2, -0.15) is 0 Å². The number of benzene rings is 2. The Morgan fingerprint density at radius 2 is 1.19 bits per heavy atom. The second-order valence-corrected chi connectivity index (χ2v) is 26.6. The second-order valence-electron chi connectivity index (χ2n) is 9.10. The van der Waals surface area contributed by atoms with E-state index in [0.717, 1.165) is 0 Å². The molecule has 2 aromatic carbocycles. The molecule has 0 aliphatic carbocycles. The predicted molar refractivity (Wildman–Crippen MR) is 149 cm³/mol. The van der Waals surface area contributed by atoms with Crippen molar-refractivity contribution in [1.29, 1.82) is 0 Å². The molecule has 1 nitrogen and oxygen atoms in total. The summed E-state index contributed by atoms with van der Waals surface area (Å²) in [7, 11) is 0. The van der Waals surface area contributed by atoms with Crippen molar-refractivity contribution in [2.75, 3.05) is 4.90 Å². The van der Waals surface area contributed by atoms with E-state index in [2.05, 4.69) is 97.7 Å². The summed E-state index contributed by atoms with van der Waals surface area (Å²) < 4.78 is 9.47. The molecule has 1 aliphatic rings. The number of para-hydroxylation sites is 2. The quantitative estimate of drug-likeness (QED) is 0.161. The van der Waals surface area contributed by atoms with Crippen LogP contribution in [0.5, 0.6) is 0 Å². The maximum absolute atomic E-state index is 2.57. The molecule has 0 fully saturated rings. The molecule has 0 bridgehead atoms. The zero-order valence-electron chi connectivity index (χ0n) is 19.9. The van der Waals surface area contributed by atoms with E-state index in [0.29, 0.717) is 15.0 Å². The average Bonchev–Trinajstić information content (AvgIpc) is 3.32. The summed E-state index contributed by atoms with van der Waals surface area (Å²) in [6.45, 7) is 7.12. The van der Waals surface area contributed by atoms with Crippen LogP contribution in [0.3, 0.4) is 0 Å². The van der Waals surface area contributed by atoms with Crippen molar-refractivity contribution in [3.63, 3.8) is 0 Å². The van der Waals surface area contributed by atoms with Gasteiger partial charge >= 0.3 is 211 Å². The van der Waals surface area contributed by atoms with Crippen molar-refractivity contribution in [2.24, 2.45) is 0 Å². The first-order chi connectivity index (χ1) is 15.7. The zero-order valence-corrected chi connectivity index (χ0v) is 25.3. The molecule has 0 spiro atoms. The first-order valence-corrected chi connectivity index (χ1v) is 22.5. The molecule has 2 heterocycles. The summed E-state index contributed by atoms with van der Waals surface area (Å²) in [5.74, 6) is 0. The predicted octanol–water partition coefficient (Wildman–Crippen LogP) is 7.24. The van der Waals surface area contributed by atoms with Crippen LogP contribution in [0.1, 0.15) is 59.3 Å². The van der Waals surface area contributed by atoms with E-state index in [9.17, 15) is 0 Å². The van der Waals surface area contributed by atoms with Gasteiger partial charge in [-0.25, -0.2) is 0 Å². The van der Waals surface area contributed by atoms with Crippen molar-refractivity contribution in [3.05, 3.63) is 60.7 Å². The van der Waals surface area contributed by atoms with Crippen LogP contribution in [0.25, 0.3) is 0 Å². The van der Waals surface area contributed by atoms with Gasteiger partial charge in [0.1, 0.15) is 0 Å². The molecule has 0 unspecified atom stereocenters. The van der Waals surface area contributed by atoms with Crippen molar-refractivity contribution in [3.8, 4) is 0 Å². The molecule has 0 saturated heterocycles. The summed E-state index contributed by atoms with van der Waals surface area (Å²) in [6, 6.07) is 23.2. The number of fused-ring (bicyclic) bond motifs is 2. The number of hydrogen-bond acceptors (Lipinski definition) is 2. The summed E-state index contributed by atoms with van der Waals surface area (Å²) in [5, 5.41) is 1.43. The Balaban J connectivity index is 1.76. The van der Waals surface area contributed by atoms with Gasteiger partial charge in [-0.3, -0.25) is 0 Å². The Morgan fingerprint density at radius 1 is 0.688 bits per heavy atom. The van der Waals surface area contributed by atoms with Gasteiger partial charge in [-0.05, 0) is 0 Å². The van der Waals surface area contributed by atoms with Crippen molar-refractivity contribution < 1.29 is 0 Å². The first kappa shape index (κ1) is 24.4. The van der Waals surface area contributed by atoms with Crippen LogP contribution in [0.2, 0.25) is 13.3 Å². The fourth-order valence-electron chi connectivity index (χ4n) is 4.97. The minimum atomic E-state index is -2.39. The van der Waals surface area contributed by atoms with E-state index in [4.69, 9.17) is 0 Å². The van der Waals surface area contributed by atoms with Gasteiger partial charge in [0.15, 0.2) is 0 Å². The van der Waals surface area contributed by atoms with E-state index < -0.39 is 18.4 Å². The SMILES string of the molecule is CCC[CH2][Sn]([CH2]CCC)([CH2]CCC)[c]1ccc(N2c3ccccc3[Se]c3ccccc32)s1. The van der Waals surface area contributed by atoms with E-state index >= 15 is 0 Å². The molecular weight excluding hydrogens is 580 g/mol. The Bertz CT molecular complexity index is 947. The molecule has 0 amide bonds. The summed E-state index contributed by atoms with van der Waals surface area (Å²) in [5.41, 5.74) is 2.80. The van der Waals surface area contributed by atoms with Crippen molar-refractivity contribution >= 4 is 72.9 Å². The Hall–Kier alpha value is -0.742. The Labute approximate surface area is 209 Å². The second kappa shape index (κ2) is 11.6. The molecule has 0 radical (unpaired) electrons. The van der Waals surface area contributed by atoms with Gasteiger partial charge in [0, 0.05) is 0 Å². The molecule has 1 aromatic heterocycles. The van der Waals surface area contributed by atoms with E-state index in [1.165, 1.54) is 63.8 Å². The number of unbranched alkanes of at least 4 members (excludes halogenated alkanes) is 3. The normalized spacial score (nSPS) is 13.2. The van der Waals surface area contributed by atoms with Gasteiger partial charge in [0.25, 0.3) is 0 Å². The van der Waals surface area contributed by atoms with Gasteiger partial charge in [0.2, 0.25) is 0 Å². The number of nitrogens with zero attached hydrogens (tertiary/aromatic N) is 1. The monoisotopic (exact) mass is 619 g/mol. The van der Waals surface area contributed by atoms with Crippen LogP contribution in [0.15, 0.2) is 60.7 Å². The molecular formula is C28H37NSSeSn. The molecule has 170 valence electrons. The molecule has 3 aromatic rings. The van der Waals surface area contributed by atoms with Crippen LogP contribution in [-0.4, -0.2) is 33.3 Å². The number of rotatable bonds is 11. The van der Waals surface area contributed by atoms with Crippen LogP contribution in [0, 0.1) is 0 Å². The molecule has 0 atom stereocenters. The number of hydrogen-bond donors (Lipinski definition) is 0. The van der Waals surface area contributed by atoms with Gasteiger partial charge in [-0.15, -0.1) is 0 Å². The van der Waals surface area contributed by atoms with Crippen LogP contribution in [0.4, 0.5) is 16.4 Å². The number of anilines is 3. The van der Waals surface area contributed by atoms with Crippen molar-refractivity contribution in [2.45, 2.75) is 72.6 Å². The number of thiophene rings is 1. The summed E-state index contributed by atoms with van der Waals surface area (Å²) in [4.78, 5) is 2.57. The van der Waals surface area contributed by atoms with Crippen LogP contribution >= 0.6 is 11.3 Å². The summed E-state index contributed by atoms with van der Waals surface area (Å²) >= 11 is 0.142. The van der Waals surface area contributed by atoms with Crippen molar-refractivity contribution in [1.82, 2.24) is 0 Å². The van der Waals surface area contributed by atoms with E-state index in [1.54, 1.807) is 13.3 Å².